The first-order valence-corrected chi connectivity index (χ1v) is 8.63. The molecule has 2 N–H and O–H groups in total. The van der Waals surface area contributed by atoms with Crippen LogP contribution in [0.5, 0.6) is 0 Å². The first-order valence-electron chi connectivity index (χ1n) is 6.45. The summed E-state index contributed by atoms with van der Waals surface area (Å²) >= 11 is 8.68. The molecule has 1 amide bonds. The molecule has 0 unspecified atom stereocenters. The fourth-order valence-electron chi connectivity index (χ4n) is 1.54. The monoisotopic (exact) mass is 354 g/mol. The molecule has 0 radical (unpaired) electrons. The van der Waals surface area contributed by atoms with Gasteiger partial charge >= 0.3 is 0 Å². The Kier molecular flexibility index (Phi) is 6.23. The number of hydrogen-bond acceptors (Lipinski definition) is 6. The molecule has 8 heteroatoms. The molecule has 0 saturated carbocycles. The Morgan fingerprint density at radius 2 is 2.32 bits per heavy atom. The van der Waals surface area contributed by atoms with Crippen LogP contribution in [0.2, 0.25) is 5.02 Å². The van der Waals surface area contributed by atoms with Gasteiger partial charge < -0.3 is 10.6 Å². The Hall–Kier alpha value is -1.57. The molecule has 1 heterocycles. The summed E-state index contributed by atoms with van der Waals surface area (Å²) in [5.41, 5.74) is 1.69. The number of aryl methyl sites for hydroxylation is 1. The number of anilines is 2. The van der Waals surface area contributed by atoms with E-state index in [-0.39, 0.29) is 11.7 Å². The van der Waals surface area contributed by atoms with E-state index in [1.807, 2.05) is 13.0 Å². The average molecular weight is 355 g/mol. The lowest BCUT2D eigenvalue weighted by Crippen LogP contribution is -2.14. The Labute approximate surface area is 142 Å². The lowest BCUT2D eigenvalue weighted by molar-refractivity contribution is -0.113. The van der Waals surface area contributed by atoms with Crippen molar-refractivity contribution < 1.29 is 4.79 Å². The van der Waals surface area contributed by atoms with Gasteiger partial charge in [0.2, 0.25) is 11.0 Å². The number of benzene rings is 1. The Bertz CT molecular complexity index is 675. The summed E-state index contributed by atoms with van der Waals surface area (Å²) in [5, 5.41) is 15.2. The highest BCUT2D eigenvalue weighted by atomic mass is 35.5. The number of hydrogen-bond donors (Lipinski definition) is 2. The van der Waals surface area contributed by atoms with E-state index in [9.17, 15) is 4.79 Å². The summed E-state index contributed by atoms with van der Waals surface area (Å²) in [5.74, 6) is 0.161. The predicted molar refractivity (Wildman–Crippen MR) is 94.1 cm³/mol. The van der Waals surface area contributed by atoms with Crippen LogP contribution in [0.3, 0.4) is 0 Å². The number of aromatic nitrogens is 2. The molecule has 0 fully saturated rings. The second-order valence-corrected chi connectivity index (χ2v) is 6.98. The molecule has 5 nitrogen and oxygen atoms in total. The normalized spacial score (nSPS) is 10.3. The number of nitrogens with one attached hydrogen (secondary N) is 2. The Morgan fingerprint density at radius 3 is 3.09 bits per heavy atom. The molecule has 0 bridgehead atoms. The minimum absolute atomic E-state index is 0.105. The van der Waals surface area contributed by atoms with Crippen LogP contribution in [-0.2, 0) is 4.79 Å². The number of thioether (sulfide) groups is 1. The van der Waals surface area contributed by atoms with E-state index in [0.717, 1.165) is 15.6 Å². The molecule has 22 heavy (non-hydrogen) atoms. The van der Waals surface area contributed by atoms with Gasteiger partial charge in [0.15, 0.2) is 4.34 Å². The van der Waals surface area contributed by atoms with Crippen molar-refractivity contribution in [1.29, 1.82) is 0 Å². The number of halogens is 1. The maximum atomic E-state index is 12.0. The first kappa shape index (κ1) is 16.8. The SMILES string of the molecule is C=CCNc1nnc(SCC(=O)Nc2cc(Cl)ccc2C)s1. The standard InChI is InChI=1S/C14H15ClN4OS2/c1-3-6-16-13-18-19-14(22-13)21-8-12(20)17-11-7-10(15)5-4-9(11)2/h3-5,7H,1,6,8H2,2H3,(H,16,18)(H,17,20). The highest BCUT2D eigenvalue weighted by Gasteiger charge is 2.09. The van der Waals surface area contributed by atoms with Crippen LogP contribution in [0, 0.1) is 6.92 Å². The molecular weight excluding hydrogens is 340 g/mol. The third-order valence-electron chi connectivity index (χ3n) is 2.60. The number of carbonyl (C=O) groups excluding carboxylic acids is 1. The van der Waals surface area contributed by atoms with Crippen LogP contribution >= 0.6 is 34.7 Å². The van der Waals surface area contributed by atoms with Crippen LogP contribution in [0.4, 0.5) is 10.8 Å². The first-order chi connectivity index (χ1) is 10.6. The fraction of sp³-hybridized carbons (Fsp3) is 0.214. The number of rotatable bonds is 7. The zero-order valence-electron chi connectivity index (χ0n) is 11.9. The van der Waals surface area contributed by atoms with Gasteiger partial charge in [-0.05, 0) is 24.6 Å². The minimum atomic E-state index is -0.105. The van der Waals surface area contributed by atoms with Crippen molar-refractivity contribution in [3.05, 3.63) is 41.4 Å². The van der Waals surface area contributed by atoms with Gasteiger partial charge in [-0.25, -0.2) is 0 Å². The third-order valence-corrected chi connectivity index (χ3v) is 4.85. The lowest BCUT2D eigenvalue weighted by atomic mass is 10.2. The summed E-state index contributed by atoms with van der Waals surface area (Å²) in [6.45, 7) is 6.17. The maximum absolute atomic E-state index is 12.0. The molecule has 1 aromatic carbocycles. The second-order valence-electron chi connectivity index (χ2n) is 4.34. The summed E-state index contributed by atoms with van der Waals surface area (Å²) in [4.78, 5) is 12.0. The summed E-state index contributed by atoms with van der Waals surface area (Å²) in [6.07, 6.45) is 1.75. The molecule has 116 valence electrons. The van der Waals surface area contributed by atoms with Gasteiger partial charge in [-0.3, -0.25) is 4.79 Å². The number of carbonyl (C=O) groups is 1. The highest BCUT2D eigenvalue weighted by molar-refractivity contribution is 8.01. The highest BCUT2D eigenvalue weighted by Crippen LogP contribution is 2.26. The van der Waals surface area contributed by atoms with Crippen molar-refractivity contribution in [2.45, 2.75) is 11.3 Å². The summed E-state index contributed by atoms with van der Waals surface area (Å²) in [7, 11) is 0. The molecule has 0 aliphatic carbocycles. The topological polar surface area (TPSA) is 66.9 Å². The number of nitrogens with zero attached hydrogens (tertiary/aromatic N) is 2. The van der Waals surface area contributed by atoms with Gasteiger partial charge in [-0.1, -0.05) is 46.8 Å². The summed E-state index contributed by atoms with van der Waals surface area (Å²) < 4.78 is 0.740. The molecular formula is C14H15ClN4OS2. The van der Waals surface area contributed by atoms with E-state index in [4.69, 9.17) is 11.6 Å². The molecule has 0 saturated heterocycles. The van der Waals surface area contributed by atoms with Crippen LogP contribution in [0.15, 0.2) is 35.2 Å². The third kappa shape index (κ3) is 5.01. The maximum Gasteiger partial charge on any atom is 0.234 e. The molecule has 0 aliphatic heterocycles. The van der Waals surface area contributed by atoms with E-state index >= 15 is 0 Å². The molecule has 0 atom stereocenters. The Balaban J connectivity index is 1.86. The van der Waals surface area contributed by atoms with Gasteiger partial charge in [0.25, 0.3) is 0 Å². The van der Waals surface area contributed by atoms with Crippen LogP contribution in [0.25, 0.3) is 0 Å². The van der Waals surface area contributed by atoms with E-state index in [1.54, 1.807) is 18.2 Å². The van der Waals surface area contributed by atoms with Crippen LogP contribution in [0.1, 0.15) is 5.56 Å². The van der Waals surface area contributed by atoms with Gasteiger partial charge in [-0.2, -0.15) is 0 Å². The molecule has 0 aliphatic rings. The predicted octanol–water partition coefficient (Wildman–Crippen LogP) is 3.83. The van der Waals surface area contributed by atoms with Crippen molar-refractivity contribution >= 4 is 51.4 Å². The van der Waals surface area contributed by atoms with Crippen LogP contribution < -0.4 is 10.6 Å². The largest absolute Gasteiger partial charge is 0.357 e. The zero-order valence-corrected chi connectivity index (χ0v) is 14.3. The molecule has 2 aromatic rings. The second kappa shape index (κ2) is 8.17. The van der Waals surface area contributed by atoms with Gasteiger partial charge in [0.1, 0.15) is 0 Å². The van der Waals surface area contributed by atoms with Gasteiger partial charge in [0, 0.05) is 17.3 Å². The van der Waals surface area contributed by atoms with E-state index in [0.29, 0.717) is 16.7 Å². The molecule has 2 rings (SSSR count). The minimum Gasteiger partial charge on any atom is -0.357 e. The smallest absolute Gasteiger partial charge is 0.234 e. The van der Waals surface area contributed by atoms with Crippen LogP contribution in [-0.4, -0.2) is 28.4 Å². The van der Waals surface area contributed by atoms with Crippen molar-refractivity contribution in [3.63, 3.8) is 0 Å². The van der Waals surface area contributed by atoms with Crippen molar-refractivity contribution in [2.24, 2.45) is 0 Å². The molecule has 1 aromatic heterocycles. The van der Waals surface area contributed by atoms with Crippen molar-refractivity contribution in [2.75, 3.05) is 22.9 Å². The Morgan fingerprint density at radius 1 is 1.50 bits per heavy atom. The van der Waals surface area contributed by atoms with Crippen molar-refractivity contribution in [1.82, 2.24) is 10.2 Å². The average Bonchev–Trinajstić information content (AvgIpc) is 2.95. The summed E-state index contributed by atoms with van der Waals surface area (Å²) in [6, 6.07) is 5.40. The fourth-order valence-corrected chi connectivity index (χ4v) is 3.27. The zero-order chi connectivity index (χ0) is 15.9. The van der Waals surface area contributed by atoms with Gasteiger partial charge in [-0.15, -0.1) is 16.8 Å². The van der Waals surface area contributed by atoms with Gasteiger partial charge in [0.05, 0.1) is 5.75 Å². The number of amides is 1. The van der Waals surface area contributed by atoms with E-state index in [1.165, 1.54) is 23.1 Å². The van der Waals surface area contributed by atoms with E-state index in [2.05, 4.69) is 27.4 Å². The lowest BCUT2D eigenvalue weighted by Gasteiger charge is -2.07. The van der Waals surface area contributed by atoms with Crippen molar-refractivity contribution in [3.8, 4) is 0 Å². The molecule has 0 spiro atoms. The van der Waals surface area contributed by atoms with E-state index < -0.39 is 0 Å². The quantitative estimate of drug-likeness (QED) is 0.584.